The van der Waals surface area contributed by atoms with Crippen LogP contribution >= 0.6 is 0 Å². The second kappa shape index (κ2) is 31.0. The number of methoxy groups -OCH3 is 4. The smallest absolute Gasteiger partial charge is 0.325 e. The zero-order valence-corrected chi connectivity index (χ0v) is 44.1. The van der Waals surface area contributed by atoms with Gasteiger partial charge in [-0.3, -0.25) is 38.8 Å². The minimum atomic E-state index is -0.824. The van der Waals surface area contributed by atoms with Crippen LogP contribution in [-0.4, -0.2) is 218 Å². The first-order valence-corrected chi connectivity index (χ1v) is 24.1. The molecule has 18 heteroatoms. The third-order valence-corrected chi connectivity index (χ3v) is 11.3. The van der Waals surface area contributed by atoms with Crippen LogP contribution in [0.1, 0.15) is 87.6 Å². The summed E-state index contributed by atoms with van der Waals surface area (Å²) in [6, 6.07) is 4.77. The van der Waals surface area contributed by atoms with Gasteiger partial charge in [0.05, 0.1) is 84.9 Å². The zero-order valence-electron chi connectivity index (χ0n) is 44.1. The van der Waals surface area contributed by atoms with Crippen molar-refractivity contribution >= 4 is 23.9 Å². The fourth-order valence-electron chi connectivity index (χ4n) is 7.50. The van der Waals surface area contributed by atoms with Crippen molar-refractivity contribution in [3.63, 3.8) is 0 Å². The monoisotopic (exact) mass is 969 g/mol. The topological polar surface area (TPSA) is 174 Å². The number of rotatable bonds is 26. The Kier molecular flexibility index (Phi) is 27.7. The summed E-state index contributed by atoms with van der Waals surface area (Å²) in [5.74, 6) is -1.08. The minimum Gasteiger partial charge on any atom is -0.491 e. The lowest BCUT2D eigenvalue weighted by molar-refractivity contribution is -0.157. The first-order valence-electron chi connectivity index (χ1n) is 24.1. The van der Waals surface area contributed by atoms with E-state index in [0.29, 0.717) is 91.6 Å². The lowest BCUT2D eigenvalue weighted by Gasteiger charge is -2.41. The molecular weight excluding hydrogens is 881 g/mol. The van der Waals surface area contributed by atoms with Crippen molar-refractivity contribution in [2.75, 3.05) is 134 Å². The summed E-state index contributed by atoms with van der Waals surface area (Å²) in [6.07, 6.45) is 1.82. The molecule has 0 bridgehead atoms. The number of aryl methyl sites for hydroxylation is 1. The number of ether oxygens (including phenoxy) is 10. The van der Waals surface area contributed by atoms with Crippen LogP contribution < -0.4 is 4.74 Å². The molecule has 68 heavy (non-hydrogen) atoms. The SMILES string of the molecule is CCOCCOCCOc1ccc(CCC[C@@H](C(=O)OC)N2CCN([C@@H](COC(C)(C)C)C(=O)OC)CCN([C@H](COC(C)(C)C)C(=O)OC)CCN([C@@H](COC(C)(C)C)C(=O)OC)CC2)cc1. The Morgan fingerprint density at radius 3 is 1.15 bits per heavy atom. The minimum absolute atomic E-state index is 0.0367. The van der Waals surface area contributed by atoms with Gasteiger partial charge in [-0.15, -0.1) is 0 Å². The summed E-state index contributed by atoms with van der Waals surface area (Å²) in [5.41, 5.74) is -0.594. The number of carbonyl (C=O) groups is 4. The third kappa shape index (κ3) is 23.9. The molecule has 0 spiro atoms. The Morgan fingerprint density at radius 2 is 0.809 bits per heavy atom. The van der Waals surface area contributed by atoms with Gasteiger partial charge in [0, 0.05) is 59.0 Å². The lowest BCUT2D eigenvalue weighted by Crippen LogP contribution is -2.58. The van der Waals surface area contributed by atoms with E-state index in [1.807, 2.05) is 108 Å². The molecular formula is C50H88N4O14. The molecule has 0 amide bonds. The second-order valence-corrected chi connectivity index (χ2v) is 19.8. The molecule has 4 atom stereocenters. The van der Waals surface area contributed by atoms with Gasteiger partial charge < -0.3 is 47.4 Å². The predicted molar refractivity (Wildman–Crippen MR) is 259 cm³/mol. The van der Waals surface area contributed by atoms with Gasteiger partial charge in [0.25, 0.3) is 0 Å². The normalized spacial score (nSPS) is 17.5. The van der Waals surface area contributed by atoms with Gasteiger partial charge in [0.15, 0.2) is 0 Å². The second-order valence-electron chi connectivity index (χ2n) is 19.8. The summed E-state index contributed by atoms with van der Waals surface area (Å²) in [7, 11) is 5.43. The van der Waals surface area contributed by atoms with E-state index in [4.69, 9.17) is 47.4 Å². The molecule has 0 N–H and O–H groups in total. The van der Waals surface area contributed by atoms with Crippen molar-refractivity contribution in [2.45, 2.75) is 129 Å². The number of carbonyl (C=O) groups excluding carboxylic acids is 4. The van der Waals surface area contributed by atoms with E-state index in [-0.39, 0.29) is 32.9 Å². The molecule has 1 aromatic rings. The van der Waals surface area contributed by atoms with Crippen molar-refractivity contribution in [3.8, 4) is 5.75 Å². The number of esters is 4. The van der Waals surface area contributed by atoms with Crippen molar-refractivity contribution in [1.29, 1.82) is 0 Å². The molecule has 392 valence electrons. The number of hydrogen-bond acceptors (Lipinski definition) is 18. The molecule has 0 aliphatic carbocycles. The van der Waals surface area contributed by atoms with Crippen LogP contribution in [0.2, 0.25) is 0 Å². The summed E-state index contributed by atoms with van der Waals surface area (Å²) in [6.45, 7) is 24.4. The van der Waals surface area contributed by atoms with Crippen LogP contribution in [0.5, 0.6) is 5.75 Å². The number of benzene rings is 1. The Balaban J connectivity index is 2.60. The maximum atomic E-state index is 13.9. The number of nitrogens with zero attached hydrogens (tertiary/aromatic N) is 4. The Morgan fingerprint density at radius 1 is 0.485 bits per heavy atom. The maximum absolute atomic E-state index is 13.9. The van der Waals surface area contributed by atoms with E-state index in [9.17, 15) is 19.2 Å². The van der Waals surface area contributed by atoms with Gasteiger partial charge in [0.2, 0.25) is 0 Å². The molecule has 0 aromatic heterocycles. The quantitative estimate of drug-likeness (QED) is 0.0731. The van der Waals surface area contributed by atoms with Crippen LogP contribution in [0.15, 0.2) is 24.3 Å². The highest BCUT2D eigenvalue weighted by molar-refractivity contribution is 5.77. The molecule has 2 rings (SSSR count). The van der Waals surface area contributed by atoms with Gasteiger partial charge in [-0.1, -0.05) is 12.1 Å². The van der Waals surface area contributed by atoms with Gasteiger partial charge in [-0.25, -0.2) is 0 Å². The first-order chi connectivity index (χ1) is 32.1. The van der Waals surface area contributed by atoms with Crippen LogP contribution in [0.4, 0.5) is 0 Å². The Bertz CT molecular complexity index is 1540. The average molecular weight is 969 g/mol. The maximum Gasteiger partial charge on any atom is 0.325 e. The third-order valence-electron chi connectivity index (χ3n) is 11.3. The first kappa shape index (κ1) is 60.7. The van der Waals surface area contributed by atoms with E-state index in [1.165, 1.54) is 28.4 Å². The van der Waals surface area contributed by atoms with Crippen molar-refractivity contribution in [1.82, 2.24) is 19.6 Å². The fourth-order valence-corrected chi connectivity index (χ4v) is 7.50. The molecule has 1 aliphatic heterocycles. The standard InChI is InChI=1S/C50H88N4O14/c1-15-63-31-32-64-33-34-65-39-21-19-38(20-22-39)17-16-18-40(44(55)59-11)51-23-25-52(41(45(56)60-12)35-66-48(2,3)4)27-29-54(43(47(58)62-14)37-68-50(8,9)10)30-28-53(26-24-51)42(46(57)61-13)36-67-49(5,6)7/h19-22,40-43H,15-18,23-37H2,1-14H3/t40-,41-,42-,43+/m0/s1. The van der Waals surface area contributed by atoms with Crippen molar-refractivity contribution in [2.24, 2.45) is 0 Å². The molecule has 1 fully saturated rings. The molecule has 0 radical (unpaired) electrons. The summed E-state index contributed by atoms with van der Waals surface area (Å²) < 4.78 is 56.9. The highest BCUT2D eigenvalue weighted by Crippen LogP contribution is 2.21. The predicted octanol–water partition coefficient (Wildman–Crippen LogP) is 4.27. The molecule has 1 aliphatic rings. The highest BCUT2D eigenvalue weighted by Gasteiger charge is 2.37. The molecule has 18 nitrogen and oxygen atoms in total. The molecule has 1 saturated heterocycles. The molecule has 0 unspecified atom stereocenters. The van der Waals surface area contributed by atoms with E-state index >= 15 is 0 Å². The van der Waals surface area contributed by atoms with E-state index in [0.717, 1.165) is 11.3 Å². The summed E-state index contributed by atoms with van der Waals surface area (Å²) >= 11 is 0. The van der Waals surface area contributed by atoms with Gasteiger partial charge in [-0.05, 0) is 106 Å². The average Bonchev–Trinajstić information content (AvgIpc) is 3.28. The van der Waals surface area contributed by atoms with Gasteiger partial charge in [0.1, 0.15) is 36.5 Å². The van der Waals surface area contributed by atoms with E-state index < -0.39 is 64.8 Å². The van der Waals surface area contributed by atoms with Gasteiger partial charge >= 0.3 is 23.9 Å². The largest absolute Gasteiger partial charge is 0.491 e. The summed E-state index contributed by atoms with van der Waals surface area (Å²) in [5, 5.41) is 0. The molecule has 1 aromatic carbocycles. The van der Waals surface area contributed by atoms with Crippen molar-refractivity contribution in [3.05, 3.63) is 29.8 Å². The highest BCUT2D eigenvalue weighted by atomic mass is 16.6. The van der Waals surface area contributed by atoms with Crippen LogP contribution in [0, 0.1) is 0 Å². The van der Waals surface area contributed by atoms with Crippen LogP contribution in [0.25, 0.3) is 0 Å². The van der Waals surface area contributed by atoms with E-state index in [2.05, 4.69) is 4.90 Å². The Labute approximate surface area is 407 Å². The van der Waals surface area contributed by atoms with Gasteiger partial charge in [-0.2, -0.15) is 0 Å². The molecule has 1 heterocycles. The zero-order chi connectivity index (χ0) is 50.9. The van der Waals surface area contributed by atoms with E-state index in [1.54, 1.807) is 0 Å². The lowest BCUT2D eigenvalue weighted by atomic mass is 10.0. The number of hydrogen-bond donors (Lipinski definition) is 0. The Hall–Kier alpha value is -3.46. The van der Waals surface area contributed by atoms with Crippen LogP contribution in [-0.2, 0) is 68.2 Å². The van der Waals surface area contributed by atoms with Crippen LogP contribution in [0.3, 0.4) is 0 Å². The van der Waals surface area contributed by atoms with Crippen molar-refractivity contribution < 1.29 is 66.5 Å². The molecule has 0 saturated carbocycles. The summed E-state index contributed by atoms with van der Waals surface area (Å²) in [4.78, 5) is 62.9. The fraction of sp³-hybridized carbons (Fsp3) is 0.800.